The van der Waals surface area contributed by atoms with Crippen molar-refractivity contribution < 1.29 is 14.7 Å². The van der Waals surface area contributed by atoms with E-state index < -0.39 is 5.97 Å². The number of rotatable bonds is 6. The number of carbonyl (C=O) groups is 2. The first-order chi connectivity index (χ1) is 10.5. The molecule has 2 rings (SSSR count). The predicted molar refractivity (Wildman–Crippen MR) is 84.4 cm³/mol. The van der Waals surface area contributed by atoms with Gasteiger partial charge in [-0.3, -0.25) is 0 Å². The van der Waals surface area contributed by atoms with E-state index in [1.165, 1.54) is 11.3 Å². The Morgan fingerprint density at radius 3 is 2.68 bits per heavy atom. The maximum absolute atomic E-state index is 10.8. The van der Waals surface area contributed by atoms with Crippen molar-refractivity contribution in [3.05, 3.63) is 51.9 Å². The molecule has 1 aromatic heterocycles. The Kier molecular flexibility index (Phi) is 4.92. The lowest BCUT2D eigenvalue weighted by atomic mass is 10.1. The molecule has 2 aromatic rings. The molecule has 0 saturated carbocycles. The van der Waals surface area contributed by atoms with E-state index in [4.69, 9.17) is 10.4 Å². The van der Waals surface area contributed by atoms with Crippen molar-refractivity contribution in [2.24, 2.45) is 0 Å². The van der Waals surface area contributed by atoms with Crippen LogP contribution in [0.5, 0.6) is 0 Å². The summed E-state index contributed by atoms with van der Waals surface area (Å²) in [5, 5.41) is 21.7. The number of aldehydes is 1. The van der Waals surface area contributed by atoms with Crippen LogP contribution in [0.15, 0.2) is 30.3 Å². The topological polar surface area (TPSA) is 90.2 Å². The number of anilines is 1. The lowest BCUT2D eigenvalue weighted by molar-refractivity contribution is -0.108. The molecule has 0 spiro atoms. The smallest absolute Gasteiger partial charge is 0.335 e. The zero-order valence-corrected chi connectivity index (χ0v) is 12.7. The first kappa shape index (κ1) is 15.7. The van der Waals surface area contributed by atoms with Gasteiger partial charge < -0.3 is 15.2 Å². The molecule has 0 bridgehead atoms. The van der Waals surface area contributed by atoms with Crippen LogP contribution in [0.2, 0.25) is 0 Å². The van der Waals surface area contributed by atoms with Gasteiger partial charge in [-0.25, -0.2) is 4.79 Å². The average Bonchev–Trinajstić information content (AvgIpc) is 2.89. The van der Waals surface area contributed by atoms with E-state index in [1.54, 1.807) is 37.3 Å². The van der Waals surface area contributed by atoms with Gasteiger partial charge in [-0.05, 0) is 30.7 Å². The van der Waals surface area contributed by atoms with E-state index in [1.807, 2.05) is 0 Å². The fourth-order valence-electron chi connectivity index (χ4n) is 1.93. The highest BCUT2D eigenvalue weighted by Gasteiger charge is 2.11. The first-order valence-electron chi connectivity index (χ1n) is 6.60. The van der Waals surface area contributed by atoms with Gasteiger partial charge in [0, 0.05) is 11.3 Å². The third-order valence-electron chi connectivity index (χ3n) is 3.05. The van der Waals surface area contributed by atoms with E-state index in [9.17, 15) is 9.59 Å². The molecule has 1 unspecified atom stereocenters. The molecular formula is C16H14N2O3S. The number of nitriles is 1. The summed E-state index contributed by atoms with van der Waals surface area (Å²) in [6.07, 6.45) is 1.39. The van der Waals surface area contributed by atoms with Crippen molar-refractivity contribution in [1.29, 1.82) is 5.26 Å². The van der Waals surface area contributed by atoms with E-state index in [0.717, 1.165) is 16.7 Å². The minimum absolute atomic E-state index is 0.245. The highest BCUT2D eigenvalue weighted by Crippen LogP contribution is 2.29. The Labute approximate surface area is 131 Å². The van der Waals surface area contributed by atoms with E-state index in [2.05, 4.69) is 11.4 Å². The van der Waals surface area contributed by atoms with Crippen LogP contribution in [0.25, 0.3) is 0 Å². The highest BCUT2D eigenvalue weighted by molar-refractivity contribution is 7.16. The van der Waals surface area contributed by atoms with Crippen LogP contribution < -0.4 is 5.32 Å². The second-order valence-electron chi connectivity index (χ2n) is 4.82. The van der Waals surface area contributed by atoms with Crippen LogP contribution in [-0.2, 0) is 11.2 Å². The first-order valence-corrected chi connectivity index (χ1v) is 7.42. The van der Waals surface area contributed by atoms with Crippen LogP contribution in [-0.4, -0.2) is 23.4 Å². The maximum Gasteiger partial charge on any atom is 0.335 e. The lowest BCUT2D eigenvalue weighted by Gasteiger charge is -2.05. The molecule has 112 valence electrons. The zero-order valence-electron chi connectivity index (χ0n) is 11.9. The van der Waals surface area contributed by atoms with Gasteiger partial charge >= 0.3 is 5.97 Å². The summed E-state index contributed by atoms with van der Waals surface area (Å²) in [6, 6.07) is 10.2. The van der Waals surface area contributed by atoms with Crippen molar-refractivity contribution in [3.8, 4) is 6.07 Å². The molecule has 5 nitrogen and oxygen atoms in total. The van der Waals surface area contributed by atoms with E-state index >= 15 is 0 Å². The van der Waals surface area contributed by atoms with Crippen molar-refractivity contribution in [2.45, 2.75) is 19.4 Å². The van der Waals surface area contributed by atoms with Crippen LogP contribution in [0.3, 0.4) is 0 Å². The largest absolute Gasteiger partial charge is 0.478 e. The molecule has 1 aromatic carbocycles. The number of carboxylic acid groups (broad SMARTS) is 1. The molecule has 0 radical (unpaired) electrons. The number of hydrogen-bond donors (Lipinski definition) is 2. The molecular weight excluding hydrogens is 300 g/mol. The molecule has 0 saturated heterocycles. The van der Waals surface area contributed by atoms with Gasteiger partial charge in [0.25, 0.3) is 0 Å². The maximum atomic E-state index is 10.8. The third-order valence-corrected chi connectivity index (χ3v) is 4.11. The van der Waals surface area contributed by atoms with E-state index in [0.29, 0.717) is 17.0 Å². The molecule has 0 amide bonds. The van der Waals surface area contributed by atoms with Gasteiger partial charge in [-0.2, -0.15) is 5.26 Å². The molecule has 6 heteroatoms. The number of hydrogen-bond acceptors (Lipinski definition) is 5. The van der Waals surface area contributed by atoms with E-state index in [-0.39, 0.29) is 11.6 Å². The summed E-state index contributed by atoms with van der Waals surface area (Å²) in [5.74, 6) is -0.955. The minimum Gasteiger partial charge on any atom is -0.478 e. The molecule has 0 aliphatic rings. The van der Waals surface area contributed by atoms with Crippen molar-refractivity contribution in [3.63, 3.8) is 0 Å². The summed E-state index contributed by atoms with van der Waals surface area (Å²) in [4.78, 5) is 22.5. The molecule has 1 heterocycles. The monoisotopic (exact) mass is 314 g/mol. The fraction of sp³-hybridized carbons (Fsp3) is 0.188. The number of thiophene rings is 1. The van der Waals surface area contributed by atoms with Crippen molar-refractivity contribution in [2.75, 3.05) is 5.32 Å². The number of nitrogens with one attached hydrogen (secondary N) is 1. The summed E-state index contributed by atoms with van der Waals surface area (Å²) in [7, 11) is 0. The van der Waals surface area contributed by atoms with Crippen molar-refractivity contribution >= 4 is 28.6 Å². The predicted octanol–water partition coefficient (Wildman–Crippen LogP) is 2.91. The van der Waals surface area contributed by atoms with Gasteiger partial charge in [0.1, 0.15) is 17.4 Å². The quantitative estimate of drug-likeness (QED) is 0.800. The van der Waals surface area contributed by atoms with Gasteiger partial charge in [-0.15, -0.1) is 11.3 Å². The number of aromatic carboxylic acids is 1. The molecule has 0 aliphatic carbocycles. The second-order valence-corrected chi connectivity index (χ2v) is 5.95. The normalized spacial score (nSPS) is 11.5. The Hall–Kier alpha value is -2.65. The highest BCUT2D eigenvalue weighted by atomic mass is 32.1. The molecule has 2 N–H and O–H groups in total. The summed E-state index contributed by atoms with van der Waals surface area (Å²) < 4.78 is 0. The number of carboxylic acids is 1. The Morgan fingerprint density at radius 1 is 1.45 bits per heavy atom. The van der Waals surface area contributed by atoms with Gasteiger partial charge in [-0.1, -0.05) is 12.1 Å². The lowest BCUT2D eigenvalue weighted by Crippen LogP contribution is -2.15. The number of benzene rings is 1. The van der Waals surface area contributed by atoms with Crippen LogP contribution in [0.1, 0.15) is 33.3 Å². The summed E-state index contributed by atoms with van der Waals surface area (Å²) in [6.45, 7) is 1.72. The van der Waals surface area contributed by atoms with Crippen LogP contribution >= 0.6 is 11.3 Å². The molecule has 0 aliphatic heterocycles. The van der Waals surface area contributed by atoms with Gasteiger partial charge in [0.15, 0.2) is 0 Å². The Balaban J connectivity index is 2.17. The molecule has 0 fully saturated rings. The van der Waals surface area contributed by atoms with Crippen molar-refractivity contribution in [1.82, 2.24) is 0 Å². The standard InChI is InChI=1S/C16H14N2O3S/c1-10(9-19)18-15-13(8-17)7-14(22-15)6-11-2-4-12(5-3-11)16(20)21/h2-5,7,9-10,18H,6H2,1H3,(H,20,21). The number of nitrogens with zero attached hydrogens (tertiary/aromatic N) is 1. The molecule has 22 heavy (non-hydrogen) atoms. The summed E-state index contributed by atoms with van der Waals surface area (Å²) >= 11 is 1.42. The van der Waals surface area contributed by atoms with Crippen LogP contribution in [0.4, 0.5) is 5.00 Å². The minimum atomic E-state index is -0.955. The fourth-order valence-corrected chi connectivity index (χ4v) is 3.06. The molecule has 1 atom stereocenters. The number of carbonyl (C=O) groups excluding carboxylic acids is 1. The SMILES string of the molecule is CC(C=O)Nc1sc(Cc2ccc(C(=O)O)cc2)cc1C#N. The summed E-state index contributed by atoms with van der Waals surface area (Å²) in [5.41, 5.74) is 1.72. The average molecular weight is 314 g/mol. The second kappa shape index (κ2) is 6.87. The Morgan fingerprint density at radius 2 is 2.14 bits per heavy atom. The Bertz CT molecular complexity index is 729. The van der Waals surface area contributed by atoms with Gasteiger partial charge in [0.2, 0.25) is 0 Å². The van der Waals surface area contributed by atoms with Gasteiger partial charge in [0.05, 0.1) is 17.2 Å². The zero-order chi connectivity index (χ0) is 16.1. The van der Waals surface area contributed by atoms with Crippen LogP contribution in [0, 0.1) is 11.3 Å². The third kappa shape index (κ3) is 3.71.